The molecule has 106 valence electrons. The maximum absolute atomic E-state index is 14.2. The Bertz CT molecular complexity index is 607. The van der Waals surface area contributed by atoms with Crippen LogP contribution < -0.4 is 10.5 Å². The Hall–Kier alpha value is -1.84. The molecule has 20 heavy (non-hydrogen) atoms. The molecule has 0 radical (unpaired) electrons. The van der Waals surface area contributed by atoms with Crippen molar-refractivity contribution in [1.82, 2.24) is 4.98 Å². The number of rotatable bonds is 2. The molecule has 0 spiro atoms. The summed E-state index contributed by atoms with van der Waals surface area (Å²) in [6.07, 6.45) is 8.46. The van der Waals surface area contributed by atoms with Crippen LogP contribution in [0.2, 0.25) is 0 Å². The Morgan fingerprint density at radius 2 is 1.95 bits per heavy atom. The van der Waals surface area contributed by atoms with Gasteiger partial charge in [-0.25, -0.2) is 4.39 Å². The van der Waals surface area contributed by atoms with E-state index in [4.69, 9.17) is 10.5 Å². The molecule has 0 bridgehead atoms. The highest BCUT2D eigenvalue weighted by molar-refractivity contribution is 5.94. The summed E-state index contributed by atoms with van der Waals surface area (Å²) in [4.78, 5) is 4.25. The van der Waals surface area contributed by atoms with Crippen molar-refractivity contribution in [2.45, 2.75) is 44.6 Å². The van der Waals surface area contributed by atoms with Crippen LogP contribution in [0, 0.1) is 5.82 Å². The van der Waals surface area contributed by atoms with Crippen molar-refractivity contribution in [1.29, 1.82) is 0 Å². The number of nitrogens with two attached hydrogens (primary N) is 1. The van der Waals surface area contributed by atoms with E-state index in [1.165, 1.54) is 18.9 Å². The van der Waals surface area contributed by atoms with Gasteiger partial charge in [-0.05, 0) is 37.8 Å². The number of benzene rings is 1. The van der Waals surface area contributed by atoms with Crippen LogP contribution in [0.1, 0.15) is 38.5 Å². The monoisotopic (exact) mass is 274 g/mol. The Labute approximate surface area is 118 Å². The van der Waals surface area contributed by atoms with E-state index in [2.05, 4.69) is 4.98 Å². The van der Waals surface area contributed by atoms with Crippen molar-refractivity contribution in [2.75, 3.05) is 5.73 Å². The van der Waals surface area contributed by atoms with E-state index in [1.54, 1.807) is 12.3 Å². The summed E-state index contributed by atoms with van der Waals surface area (Å²) in [5.41, 5.74) is 6.77. The topological polar surface area (TPSA) is 48.1 Å². The Morgan fingerprint density at radius 3 is 2.70 bits per heavy atom. The average Bonchev–Trinajstić information content (AvgIpc) is 2.72. The molecule has 1 aliphatic carbocycles. The number of fused-ring (bicyclic) bond motifs is 1. The molecule has 0 aliphatic heterocycles. The fourth-order valence-electron chi connectivity index (χ4n) is 2.85. The largest absolute Gasteiger partial charge is 0.485 e. The smallest absolute Gasteiger partial charge is 0.181 e. The van der Waals surface area contributed by atoms with Gasteiger partial charge < -0.3 is 10.5 Å². The number of hydrogen-bond acceptors (Lipinski definition) is 3. The summed E-state index contributed by atoms with van der Waals surface area (Å²) in [6, 6.07) is 4.97. The lowest BCUT2D eigenvalue weighted by molar-refractivity contribution is 0.178. The zero-order valence-corrected chi connectivity index (χ0v) is 11.4. The Kier molecular flexibility index (Phi) is 3.72. The van der Waals surface area contributed by atoms with Crippen molar-refractivity contribution in [2.24, 2.45) is 0 Å². The maximum atomic E-state index is 14.2. The molecular weight excluding hydrogens is 255 g/mol. The number of pyridine rings is 1. The minimum Gasteiger partial charge on any atom is -0.485 e. The van der Waals surface area contributed by atoms with E-state index in [0.29, 0.717) is 11.2 Å². The van der Waals surface area contributed by atoms with Crippen molar-refractivity contribution in [3.8, 4) is 5.75 Å². The van der Waals surface area contributed by atoms with Crippen LogP contribution in [0.25, 0.3) is 10.9 Å². The summed E-state index contributed by atoms with van der Waals surface area (Å²) in [7, 11) is 0. The SMILES string of the molecule is Nc1cc(F)c(OC2CCCCCC2)c2ncccc12. The number of anilines is 1. The fourth-order valence-corrected chi connectivity index (χ4v) is 2.85. The number of hydrogen-bond donors (Lipinski definition) is 1. The molecule has 1 fully saturated rings. The second-order valence-electron chi connectivity index (χ2n) is 5.41. The van der Waals surface area contributed by atoms with E-state index >= 15 is 0 Å². The van der Waals surface area contributed by atoms with Gasteiger partial charge in [0.15, 0.2) is 11.6 Å². The molecule has 0 amide bonds. The van der Waals surface area contributed by atoms with Crippen LogP contribution in [0.4, 0.5) is 10.1 Å². The van der Waals surface area contributed by atoms with Crippen LogP contribution in [0.3, 0.4) is 0 Å². The summed E-state index contributed by atoms with van der Waals surface area (Å²) in [5, 5.41) is 0.748. The van der Waals surface area contributed by atoms with Gasteiger partial charge in [0, 0.05) is 23.3 Å². The van der Waals surface area contributed by atoms with Crippen molar-refractivity contribution < 1.29 is 9.13 Å². The third kappa shape index (κ3) is 2.55. The van der Waals surface area contributed by atoms with Gasteiger partial charge in [0.05, 0.1) is 6.10 Å². The molecule has 0 saturated heterocycles. The molecular formula is C16H19FN2O. The first kappa shape index (κ1) is 13.2. The molecule has 2 aromatic rings. The van der Waals surface area contributed by atoms with Crippen LogP contribution in [0.15, 0.2) is 24.4 Å². The first-order valence-electron chi connectivity index (χ1n) is 7.25. The molecule has 1 aromatic heterocycles. The van der Waals surface area contributed by atoms with Gasteiger partial charge in [0.1, 0.15) is 5.52 Å². The lowest BCUT2D eigenvalue weighted by Gasteiger charge is -2.19. The number of nitrogen functional groups attached to an aromatic ring is 1. The molecule has 0 atom stereocenters. The molecule has 1 aliphatic rings. The average molecular weight is 274 g/mol. The normalized spacial score (nSPS) is 17.1. The first-order chi connectivity index (χ1) is 9.75. The highest BCUT2D eigenvalue weighted by Crippen LogP contribution is 2.33. The zero-order valence-electron chi connectivity index (χ0n) is 11.4. The van der Waals surface area contributed by atoms with Crippen molar-refractivity contribution >= 4 is 16.6 Å². The van der Waals surface area contributed by atoms with Gasteiger partial charge in [-0.15, -0.1) is 0 Å². The van der Waals surface area contributed by atoms with E-state index < -0.39 is 5.82 Å². The number of halogens is 1. The summed E-state index contributed by atoms with van der Waals surface area (Å²) in [6.45, 7) is 0. The molecule has 0 unspecified atom stereocenters. The van der Waals surface area contributed by atoms with Crippen LogP contribution >= 0.6 is 0 Å². The fraction of sp³-hybridized carbons (Fsp3) is 0.438. The summed E-state index contributed by atoms with van der Waals surface area (Å²) in [5.74, 6) is -0.167. The van der Waals surface area contributed by atoms with Gasteiger partial charge in [-0.3, -0.25) is 4.98 Å². The van der Waals surface area contributed by atoms with Gasteiger partial charge in [-0.2, -0.15) is 0 Å². The standard InChI is InChI=1S/C16H19FN2O/c17-13-10-14(18)12-8-5-9-19-15(12)16(13)20-11-6-3-1-2-4-7-11/h5,8-11H,1-4,6-7,18H2. The van der Waals surface area contributed by atoms with Crippen LogP contribution in [-0.4, -0.2) is 11.1 Å². The van der Waals surface area contributed by atoms with Gasteiger partial charge >= 0.3 is 0 Å². The summed E-state index contributed by atoms with van der Waals surface area (Å²) < 4.78 is 20.1. The molecule has 3 nitrogen and oxygen atoms in total. The predicted octanol–water partition coefficient (Wildman–Crippen LogP) is 4.06. The number of nitrogens with zero attached hydrogens (tertiary/aromatic N) is 1. The predicted molar refractivity (Wildman–Crippen MR) is 78.2 cm³/mol. The van der Waals surface area contributed by atoms with Crippen molar-refractivity contribution in [3.63, 3.8) is 0 Å². The number of ether oxygens (including phenoxy) is 1. The minimum absolute atomic E-state index is 0.0841. The molecule has 2 N–H and O–H groups in total. The van der Waals surface area contributed by atoms with Crippen LogP contribution in [0.5, 0.6) is 5.75 Å². The number of aromatic nitrogens is 1. The third-order valence-electron chi connectivity index (χ3n) is 3.92. The first-order valence-corrected chi connectivity index (χ1v) is 7.25. The lowest BCUT2D eigenvalue weighted by atomic mass is 10.1. The highest BCUT2D eigenvalue weighted by atomic mass is 19.1. The zero-order chi connectivity index (χ0) is 13.9. The van der Waals surface area contributed by atoms with Crippen molar-refractivity contribution in [3.05, 3.63) is 30.2 Å². The Balaban J connectivity index is 1.97. The van der Waals surface area contributed by atoms with E-state index in [-0.39, 0.29) is 11.9 Å². The molecule has 3 rings (SSSR count). The van der Waals surface area contributed by atoms with Crippen LogP contribution in [-0.2, 0) is 0 Å². The maximum Gasteiger partial charge on any atom is 0.181 e. The van der Waals surface area contributed by atoms with E-state index in [0.717, 1.165) is 31.1 Å². The van der Waals surface area contributed by atoms with E-state index in [1.807, 2.05) is 6.07 Å². The van der Waals surface area contributed by atoms with Gasteiger partial charge in [0.25, 0.3) is 0 Å². The Morgan fingerprint density at radius 1 is 1.20 bits per heavy atom. The summed E-state index contributed by atoms with van der Waals surface area (Å²) >= 11 is 0. The molecule has 4 heteroatoms. The lowest BCUT2D eigenvalue weighted by Crippen LogP contribution is -2.16. The van der Waals surface area contributed by atoms with Gasteiger partial charge in [-0.1, -0.05) is 12.8 Å². The molecule has 1 saturated carbocycles. The second-order valence-corrected chi connectivity index (χ2v) is 5.41. The second kappa shape index (κ2) is 5.65. The van der Waals surface area contributed by atoms with Gasteiger partial charge in [0.2, 0.25) is 0 Å². The van der Waals surface area contributed by atoms with E-state index in [9.17, 15) is 4.39 Å². The minimum atomic E-state index is -0.419. The highest BCUT2D eigenvalue weighted by Gasteiger charge is 2.19. The third-order valence-corrected chi connectivity index (χ3v) is 3.92. The molecule has 1 heterocycles. The molecule has 1 aromatic carbocycles. The quantitative estimate of drug-likeness (QED) is 0.663.